The zero-order valence-corrected chi connectivity index (χ0v) is 13.4. The number of nitrogens with zero attached hydrogens (tertiary/aromatic N) is 2. The first kappa shape index (κ1) is 15.8. The molecule has 1 aromatic carbocycles. The van der Waals surface area contributed by atoms with Gasteiger partial charge in [-0.3, -0.25) is 0 Å². The maximum absolute atomic E-state index is 6.22. The van der Waals surface area contributed by atoms with Crippen molar-refractivity contribution in [3.63, 3.8) is 0 Å². The van der Waals surface area contributed by atoms with Gasteiger partial charge in [0.15, 0.2) is 0 Å². The van der Waals surface area contributed by atoms with Crippen molar-refractivity contribution in [2.45, 2.75) is 71.6 Å². The second-order valence-electron chi connectivity index (χ2n) is 5.99. The Morgan fingerprint density at radius 3 is 2.38 bits per heavy atom. The average molecular weight is 288 g/mol. The topological polar surface area (TPSA) is 67.6 Å². The normalized spacial score (nSPS) is 11.3. The molecule has 116 valence electrons. The van der Waals surface area contributed by atoms with E-state index < -0.39 is 0 Å². The third-order valence-corrected chi connectivity index (χ3v) is 4.29. The molecule has 1 heterocycles. The number of nitrogen functional groups attached to an aromatic ring is 1. The Labute approximate surface area is 127 Å². The predicted molar refractivity (Wildman–Crippen MR) is 89.4 cm³/mol. The molecule has 1 aromatic heterocycles. The molecule has 4 heteroatoms. The van der Waals surface area contributed by atoms with Crippen LogP contribution in [0.25, 0.3) is 11.0 Å². The number of benzene rings is 1. The van der Waals surface area contributed by atoms with Crippen LogP contribution in [0, 0.1) is 6.92 Å². The third-order valence-electron chi connectivity index (χ3n) is 4.29. The van der Waals surface area contributed by atoms with E-state index in [0.29, 0.717) is 0 Å². The fourth-order valence-electron chi connectivity index (χ4n) is 2.88. The lowest BCUT2D eigenvalue weighted by Crippen LogP contribution is -1.99. The van der Waals surface area contributed by atoms with Crippen molar-refractivity contribution in [3.8, 4) is 0 Å². The smallest absolute Gasteiger partial charge is 0.117 e. The molecule has 0 fully saturated rings. The number of hydrogen-bond donors (Lipinski definition) is 2. The zero-order chi connectivity index (χ0) is 15.1. The highest BCUT2D eigenvalue weighted by Crippen LogP contribution is 2.26. The van der Waals surface area contributed by atoms with Crippen molar-refractivity contribution in [1.29, 1.82) is 0 Å². The van der Waals surface area contributed by atoms with Crippen molar-refractivity contribution >= 4 is 16.7 Å². The Kier molecular flexibility index (Phi) is 6.03. The minimum atomic E-state index is 0.888. The van der Waals surface area contributed by atoms with Gasteiger partial charge in [-0.1, -0.05) is 51.9 Å². The molecule has 21 heavy (non-hydrogen) atoms. The van der Waals surface area contributed by atoms with Gasteiger partial charge >= 0.3 is 0 Å². The lowest BCUT2D eigenvalue weighted by molar-refractivity contribution is 0.576. The Balaban J connectivity index is 1.77. The van der Waals surface area contributed by atoms with E-state index in [-0.39, 0.29) is 0 Å². The Morgan fingerprint density at radius 2 is 1.67 bits per heavy atom. The van der Waals surface area contributed by atoms with E-state index in [2.05, 4.69) is 28.4 Å². The quantitative estimate of drug-likeness (QED) is 0.526. The summed E-state index contributed by atoms with van der Waals surface area (Å²) in [5.74, 6) is 0. The number of aromatic amines is 1. The summed E-state index contributed by atoms with van der Waals surface area (Å²) in [6.45, 7) is 4.29. The molecule has 0 amide bonds. The lowest BCUT2D eigenvalue weighted by atomic mass is 10.00. The molecule has 0 radical (unpaired) electrons. The molecule has 0 atom stereocenters. The molecule has 0 saturated carbocycles. The molecule has 0 aliphatic heterocycles. The molecule has 3 N–H and O–H groups in total. The molecular formula is C17H28N4. The Hall–Kier alpha value is -1.58. The van der Waals surface area contributed by atoms with Crippen LogP contribution in [0.5, 0.6) is 0 Å². The van der Waals surface area contributed by atoms with E-state index in [1.54, 1.807) is 0 Å². The summed E-state index contributed by atoms with van der Waals surface area (Å²) >= 11 is 0. The number of rotatable bonds is 9. The van der Waals surface area contributed by atoms with Gasteiger partial charge in [0.1, 0.15) is 11.0 Å². The molecule has 0 aliphatic carbocycles. The van der Waals surface area contributed by atoms with E-state index >= 15 is 0 Å². The molecule has 0 aliphatic rings. The number of H-pyrrole nitrogens is 1. The van der Waals surface area contributed by atoms with Crippen molar-refractivity contribution < 1.29 is 0 Å². The number of hydrogen-bond acceptors (Lipinski definition) is 3. The van der Waals surface area contributed by atoms with Crippen molar-refractivity contribution in [2.75, 3.05) is 5.73 Å². The minimum Gasteiger partial charge on any atom is -0.398 e. The molecule has 0 saturated heterocycles. The fourth-order valence-corrected chi connectivity index (χ4v) is 2.88. The zero-order valence-electron chi connectivity index (χ0n) is 13.4. The molecule has 0 bridgehead atoms. The van der Waals surface area contributed by atoms with Crippen LogP contribution in [0.1, 0.15) is 69.4 Å². The summed E-state index contributed by atoms with van der Waals surface area (Å²) in [5.41, 5.74) is 11.2. The van der Waals surface area contributed by atoms with Gasteiger partial charge in [-0.2, -0.15) is 15.4 Å². The van der Waals surface area contributed by atoms with Crippen molar-refractivity contribution in [3.05, 3.63) is 17.2 Å². The van der Waals surface area contributed by atoms with Gasteiger partial charge in [0, 0.05) is 11.3 Å². The number of nitrogens with two attached hydrogens (primary N) is 1. The number of fused-ring (bicyclic) bond motifs is 1. The van der Waals surface area contributed by atoms with Crippen LogP contribution in [-0.2, 0) is 6.42 Å². The van der Waals surface area contributed by atoms with Crippen LogP contribution in [0.3, 0.4) is 0 Å². The second-order valence-corrected chi connectivity index (χ2v) is 5.99. The van der Waals surface area contributed by atoms with Crippen LogP contribution >= 0.6 is 0 Å². The van der Waals surface area contributed by atoms with Gasteiger partial charge in [-0.25, -0.2) is 0 Å². The second kappa shape index (κ2) is 8.01. The molecular weight excluding hydrogens is 260 g/mol. The number of aryl methyl sites for hydroxylation is 2. The highest BCUT2D eigenvalue weighted by Gasteiger charge is 2.10. The minimum absolute atomic E-state index is 0.888. The van der Waals surface area contributed by atoms with Crippen LogP contribution in [0.2, 0.25) is 0 Å². The van der Waals surface area contributed by atoms with E-state index in [4.69, 9.17) is 5.73 Å². The Bertz CT molecular complexity index is 559. The number of unbranched alkanes of at least 4 members (excludes halogenated alkanes) is 7. The Morgan fingerprint density at radius 1 is 1.00 bits per heavy atom. The highest BCUT2D eigenvalue weighted by atomic mass is 15.3. The van der Waals surface area contributed by atoms with E-state index in [1.807, 2.05) is 6.92 Å². The maximum Gasteiger partial charge on any atom is 0.117 e. The van der Waals surface area contributed by atoms with Crippen molar-refractivity contribution in [1.82, 2.24) is 15.4 Å². The highest BCUT2D eigenvalue weighted by molar-refractivity contribution is 5.84. The first-order valence-corrected chi connectivity index (χ1v) is 8.32. The summed E-state index contributed by atoms with van der Waals surface area (Å²) in [6.07, 6.45) is 11.8. The van der Waals surface area contributed by atoms with Crippen molar-refractivity contribution in [2.24, 2.45) is 0 Å². The molecule has 2 rings (SSSR count). The van der Waals surface area contributed by atoms with E-state index in [0.717, 1.165) is 28.7 Å². The van der Waals surface area contributed by atoms with E-state index in [9.17, 15) is 0 Å². The summed E-state index contributed by atoms with van der Waals surface area (Å²) in [7, 11) is 0. The van der Waals surface area contributed by atoms with Gasteiger partial charge < -0.3 is 5.73 Å². The third kappa shape index (κ3) is 4.19. The predicted octanol–water partition coefficient (Wildman–Crippen LogP) is 4.53. The molecule has 4 nitrogen and oxygen atoms in total. The van der Waals surface area contributed by atoms with Gasteiger partial charge in [0.2, 0.25) is 0 Å². The van der Waals surface area contributed by atoms with Crippen LogP contribution in [0.15, 0.2) is 6.07 Å². The average Bonchev–Trinajstić information content (AvgIpc) is 2.95. The SMILES string of the molecule is CCCCCCCCCCc1cc2n[nH]nc2c(C)c1N. The maximum atomic E-state index is 6.22. The first-order valence-electron chi connectivity index (χ1n) is 8.32. The summed E-state index contributed by atoms with van der Waals surface area (Å²) in [4.78, 5) is 0. The fraction of sp³-hybridized carbons (Fsp3) is 0.647. The van der Waals surface area contributed by atoms with Crippen LogP contribution < -0.4 is 5.73 Å². The molecule has 0 spiro atoms. The largest absolute Gasteiger partial charge is 0.398 e. The van der Waals surface area contributed by atoms with Gasteiger partial charge in [-0.15, -0.1) is 0 Å². The number of nitrogens with one attached hydrogen (secondary N) is 1. The standard InChI is InChI=1S/C17H28N4/c1-3-4-5-6-7-8-9-10-11-14-12-15-17(20-21-19-15)13(2)16(14)18/h12H,3-11,18H2,1-2H3,(H,19,20,21). The van der Waals surface area contributed by atoms with Gasteiger partial charge in [0.25, 0.3) is 0 Å². The summed E-state index contributed by atoms with van der Waals surface area (Å²) < 4.78 is 0. The number of aromatic nitrogens is 3. The van der Waals surface area contributed by atoms with Crippen LogP contribution in [-0.4, -0.2) is 15.4 Å². The first-order chi connectivity index (χ1) is 10.2. The molecule has 0 unspecified atom stereocenters. The summed E-state index contributed by atoms with van der Waals surface area (Å²) in [6, 6.07) is 2.09. The lowest BCUT2D eigenvalue weighted by Gasteiger charge is -2.08. The molecule has 2 aromatic rings. The number of anilines is 1. The summed E-state index contributed by atoms with van der Waals surface area (Å²) in [5, 5.41) is 11.0. The van der Waals surface area contributed by atoms with Crippen LogP contribution in [0.4, 0.5) is 5.69 Å². The van der Waals surface area contributed by atoms with E-state index in [1.165, 1.54) is 56.9 Å². The van der Waals surface area contributed by atoms with Gasteiger partial charge in [0.05, 0.1) is 0 Å². The van der Waals surface area contributed by atoms with Gasteiger partial charge in [-0.05, 0) is 31.4 Å². The monoisotopic (exact) mass is 288 g/mol.